The Balaban J connectivity index is 1.65. The summed E-state index contributed by atoms with van der Waals surface area (Å²) >= 11 is 0. The van der Waals surface area contributed by atoms with E-state index in [0.29, 0.717) is 6.04 Å². The lowest BCUT2D eigenvalue weighted by Gasteiger charge is -2.20. The molecule has 1 heterocycles. The minimum Gasteiger partial charge on any atom is -0.493 e. The third-order valence-corrected chi connectivity index (χ3v) is 4.45. The molecule has 3 rings (SSSR count). The van der Waals surface area contributed by atoms with Crippen molar-refractivity contribution < 1.29 is 14.2 Å². The van der Waals surface area contributed by atoms with Gasteiger partial charge in [0.15, 0.2) is 11.5 Å². The van der Waals surface area contributed by atoms with Crippen LogP contribution >= 0.6 is 0 Å². The van der Waals surface area contributed by atoms with E-state index in [4.69, 9.17) is 14.2 Å². The zero-order chi connectivity index (χ0) is 13.9. The van der Waals surface area contributed by atoms with Gasteiger partial charge in [0.2, 0.25) is 12.5 Å². The topological polar surface area (TPSA) is 39.7 Å². The minimum atomic E-state index is 0.279. The highest BCUT2D eigenvalue weighted by molar-refractivity contribution is 5.55. The molecule has 2 aliphatic rings. The monoisotopic (exact) mass is 277 g/mol. The van der Waals surface area contributed by atoms with Crippen LogP contribution < -0.4 is 19.5 Å². The maximum absolute atomic E-state index is 5.46. The first kappa shape index (κ1) is 13.6. The highest BCUT2D eigenvalue weighted by atomic mass is 16.7. The van der Waals surface area contributed by atoms with Gasteiger partial charge in [-0.05, 0) is 43.4 Å². The molecule has 1 aromatic rings. The molecule has 1 aromatic carbocycles. The third kappa shape index (κ3) is 2.70. The zero-order valence-corrected chi connectivity index (χ0v) is 12.3. The zero-order valence-electron chi connectivity index (χ0n) is 12.3. The maximum Gasteiger partial charge on any atom is 0.231 e. The summed E-state index contributed by atoms with van der Waals surface area (Å²) < 4.78 is 16.2. The Kier molecular flexibility index (Phi) is 4.01. The molecule has 0 amide bonds. The van der Waals surface area contributed by atoms with Crippen molar-refractivity contribution in [3.63, 3.8) is 0 Å². The summed E-state index contributed by atoms with van der Waals surface area (Å²) in [6, 6.07) is 4.63. The van der Waals surface area contributed by atoms with Gasteiger partial charge in [-0.3, -0.25) is 0 Å². The molecule has 0 spiro atoms. The number of hydrogen-bond donors (Lipinski definition) is 1. The van der Waals surface area contributed by atoms with Crippen LogP contribution in [0.4, 0.5) is 0 Å². The lowest BCUT2D eigenvalue weighted by molar-refractivity contribution is 0.171. The summed E-state index contributed by atoms with van der Waals surface area (Å²) in [5.41, 5.74) is 1.18. The van der Waals surface area contributed by atoms with Crippen molar-refractivity contribution in [3.05, 3.63) is 17.7 Å². The van der Waals surface area contributed by atoms with Crippen LogP contribution in [0.25, 0.3) is 0 Å². The molecule has 20 heavy (non-hydrogen) atoms. The fourth-order valence-corrected chi connectivity index (χ4v) is 3.19. The standard InChI is InChI=1S/C16H23NO3/c1-11(13-5-3-4-6-13)17-9-12-7-14(18-2)16-15(8-12)19-10-20-16/h7-8,11,13,17H,3-6,9-10H2,1-2H3/t11-/m0/s1. The van der Waals surface area contributed by atoms with Gasteiger partial charge in [0.05, 0.1) is 7.11 Å². The van der Waals surface area contributed by atoms with Crippen molar-refractivity contribution >= 4 is 0 Å². The summed E-state index contributed by atoms with van der Waals surface area (Å²) in [5.74, 6) is 3.09. The fourth-order valence-electron chi connectivity index (χ4n) is 3.19. The molecule has 1 N–H and O–H groups in total. The summed E-state index contributed by atoms with van der Waals surface area (Å²) in [6.07, 6.45) is 5.49. The van der Waals surface area contributed by atoms with Gasteiger partial charge < -0.3 is 19.5 Å². The van der Waals surface area contributed by atoms with Gasteiger partial charge in [-0.25, -0.2) is 0 Å². The largest absolute Gasteiger partial charge is 0.493 e. The quantitative estimate of drug-likeness (QED) is 0.897. The molecule has 1 atom stereocenters. The number of benzene rings is 1. The molecule has 4 nitrogen and oxygen atoms in total. The van der Waals surface area contributed by atoms with E-state index >= 15 is 0 Å². The van der Waals surface area contributed by atoms with Crippen molar-refractivity contribution in [2.75, 3.05) is 13.9 Å². The van der Waals surface area contributed by atoms with Gasteiger partial charge in [-0.1, -0.05) is 12.8 Å². The van der Waals surface area contributed by atoms with Gasteiger partial charge in [0.25, 0.3) is 0 Å². The van der Waals surface area contributed by atoms with Gasteiger partial charge in [0, 0.05) is 12.6 Å². The fraction of sp³-hybridized carbons (Fsp3) is 0.625. The molecule has 1 aliphatic heterocycles. The number of fused-ring (bicyclic) bond motifs is 1. The Morgan fingerprint density at radius 2 is 2.10 bits per heavy atom. The van der Waals surface area contributed by atoms with Crippen LogP contribution in [-0.2, 0) is 6.54 Å². The Labute approximate surface area is 120 Å². The lowest BCUT2D eigenvalue weighted by atomic mass is 9.99. The molecule has 4 heteroatoms. The molecule has 0 aromatic heterocycles. The second kappa shape index (κ2) is 5.92. The summed E-state index contributed by atoms with van der Waals surface area (Å²) in [6.45, 7) is 3.41. The maximum atomic E-state index is 5.46. The highest BCUT2D eigenvalue weighted by Crippen LogP contribution is 2.41. The number of hydrogen-bond acceptors (Lipinski definition) is 4. The van der Waals surface area contributed by atoms with E-state index in [9.17, 15) is 0 Å². The predicted molar refractivity (Wildman–Crippen MR) is 77.4 cm³/mol. The molecular formula is C16H23NO3. The Morgan fingerprint density at radius 1 is 1.30 bits per heavy atom. The predicted octanol–water partition coefficient (Wildman–Crippen LogP) is 3.09. The van der Waals surface area contributed by atoms with E-state index in [0.717, 1.165) is 29.7 Å². The van der Waals surface area contributed by atoms with Gasteiger partial charge in [0.1, 0.15) is 0 Å². The van der Waals surface area contributed by atoms with Crippen LogP contribution in [0.1, 0.15) is 38.2 Å². The summed E-state index contributed by atoms with van der Waals surface area (Å²) in [4.78, 5) is 0. The Bertz CT molecular complexity index is 469. The van der Waals surface area contributed by atoms with Crippen molar-refractivity contribution in [3.8, 4) is 17.2 Å². The number of rotatable bonds is 5. The lowest BCUT2D eigenvalue weighted by Crippen LogP contribution is -2.31. The number of ether oxygens (including phenoxy) is 3. The minimum absolute atomic E-state index is 0.279. The van der Waals surface area contributed by atoms with E-state index in [1.54, 1.807) is 7.11 Å². The van der Waals surface area contributed by atoms with Crippen molar-refractivity contribution in [2.24, 2.45) is 5.92 Å². The van der Waals surface area contributed by atoms with E-state index < -0.39 is 0 Å². The van der Waals surface area contributed by atoms with Crippen LogP contribution in [0.2, 0.25) is 0 Å². The van der Waals surface area contributed by atoms with Crippen molar-refractivity contribution in [2.45, 2.75) is 45.2 Å². The van der Waals surface area contributed by atoms with Crippen LogP contribution in [0.15, 0.2) is 12.1 Å². The third-order valence-electron chi connectivity index (χ3n) is 4.45. The summed E-state index contributed by atoms with van der Waals surface area (Å²) in [5, 5.41) is 3.63. The Morgan fingerprint density at radius 3 is 2.85 bits per heavy atom. The molecule has 1 aliphatic carbocycles. The van der Waals surface area contributed by atoms with Crippen molar-refractivity contribution in [1.82, 2.24) is 5.32 Å². The second-order valence-corrected chi connectivity index (χ2v) is 5.75. The van der Waals surface area contributed by atoms with Crippen LogP contribution in [0.5, 0.6) is 17.2 Å². The molecule has 110 valence electrons. The van der Waals surface area contributed by atoms with Crippen molar-refractivity contribution in [1.29, 1.82) is 0 Å². The van der Waals surface area contributed by atoms with Crippen LogP contribution in [-0.4, -0.2) is 19.9 Å². The van der Waals surface area contributed by atoms with Crippen LogP contribution in [0.3, 0.4) is 0 Å². The van der Waals surface area contributed by atoms with E-state index in [1.807, 2.05) is 12.1 Å². The second-order valence-electron chi connectivity index (χ2n) is 5.75. The molecule has 0 saturated heterocycles. The van der Waals surface area contributed by atoms with Gasteiger partial charge in [-0.15, -0.1) is 0 Å². The Hall–Kier alpha value is -1.42. The summed E-state index contributed by atoms with van der Waals surface area (Å²) in [7, 11) is 1.66. The first-order valence-corrected chi connectivity index (χ1v) is 7.48. The number of nitrogens with one attached hydrogen (secondary N) is 1. The average Bonchev–Trinajstić information content (AvgIpc) is 3.14. The molecule has 0 radical (unpaired) electrons. The molecule has 0 bridgehead atoms. The van der Waals surface area contributed by atoms with Crippen LogP contribution in [0, 0.1) is 5.92 Å². The van der Waals surface area contributed by atoms with E-state index in [-0.39, 0.29) is 6.79 Å². The number of methoxy groups -OCH3 is 1. The normalized spacial score (nSPS) is 19.3. The van der Waals surface area contributed by atoms with E-state index in [2.05, 4.69) is 12.2 Å². The molecule has 1 saturated carbocycles. The molecule has 1 fully saturated rings. The molecular weight excluding hydrogens is 254 g/mol. The highest BCUT2D eigenvalue weighted by Gasteiger charge is 2.22. The van der Waals surface area contributed by atoms with E-state index in [1.165, 1.54) is 31.2 Å². The smallest absolute Gasteiger partial charge is 0.231 e. The first-order chi connectivity index (χ1) is 9.78. The average molecular weight is 277 g/mol. The van der Waals surface area contributed by atoms with Gasteiger partial charge in [-0.2, -0.15) is 0 Å². The SMILES string of the molecule is COc1cc(CN[C@@H](C)C2CCCC2)cc2c1OCO2. The molecule has 0 unspecified atom stereocenters. The van der Waals surface area contributed by atoms with Gasteiger partial charge >= 0.3 is 0 Å². The first-order valence-electron chi connectivity index (χ1n) is 7.48.